The van der Waals surface area contributed by atoms with Crippen LogP contribution in [0, 0.1) is 0 Å². The van der Waals surface area contributed by atoms with Crippen LogP contribution in [0.25, 0.3) is 0 Å². The van der Waals surface area contributed by atoms with Gasteiger partial charge >= 0.3 is 5.97 Å². The van der Waals surface area contributed by atoms with Gasteiger partial charge in [0.1, 0.15) is 19.3 Å². The summed E-state index contributed by atoms with van der Waals surface area (Å²) in [5, 5.41) is 12.0. The zero-order valence-electron chi connectivity index (χ0n) is 9.89. The Hall–Kier alpha value is -0.920. The molecule has 1 fully saturated rings. The third kappa shape index (κ3) is 2.54. The Morgan fingerprint density at radius 2 is 2.21 bits per heavy atom. The summed E-state index contributed by atoms with van der Waals surface area (Å²) in [7, 11) is 0. The van der Waals surface area contributed by atoms with Crippen LogP contribution in [0.5, 0.6) is 11.5 Å². The van der Waals surface area contributed by atoms with Crippen molar-refractivity contribution >= 4 is 33.7 Å². The van der Waals surface area contributed by atoms with E-state index in [1.54, 1.807) is 11.8 Å². The second kappa shape index (κ2) is 5.22. The van der Waals surface area contributed by atoms with Gasteiger partial charge in [0.05, 0.1) is 9.85 Å². The fourth-order valence-corrected chi connectivity index (χ4v) is 3.88. The van der Waals surface area contributed by atoms with Crippen LogP contribution in [0.4, 0.5) is 0 Å². The molecule has 1 saturated heterocycles. The van der Waals surface area contributed by atoms with Crippen molar-refractivity contribution in [3.63, 3.8) is 0 Å². The highest BCUT2D eigenvalue weighted by Gasteiger charge is 2.31. The lowest BCUT2D eigenvalue weighted by atomic mass is 10.2. The van der Waals surface area contributed by atoms with E-state index in [9.17, 15) is 4.79 Å². The number of ether oxygens (including phenoxy) is 2. The van der Waals surface area contributed by atoms with Gasteiger partial charge in [0.25, 0.3) is 0 Å². The summed E-state index contributed by atoms with van der Waals surface area (Å²) in [6.07, 6.45) is 0. The Bertz CT molecular complexity index is 525. The first-order chi connectivity index (χ1) is 9.15. The number of benzene rings is 1. The molecule has 0 amide bonds. The van der Waals surface area contributed by atoms with Gasteiger partial charge in [-0.15, -0.1) is 11.8 Å². The van der Waals surface area contributed by atoms with Crippen molar-refractivity contribution < 1.29 is 19.4 Å². The van der Waals surface area contributed by atoms with Crippen molar-refractivity contribution in [2.24, 2.45) is 0 Å². The van der Waals surface area contributed by atoms with E-state index >= 15 is 0 Å². The Labute approximate surface area is 122 Å². The second-order valence-electron chi connectivity index (χ2n) is 4.30. The summed E-state index contributed by atoms with van der Waals surface area (Å²) in [4.78, 5) is 10.9. The molecule has 2 aliphatic rings. The number of fused-ring (bicyclic) bond motifs is 1. The van der Waals surface area contributed by atoms with E-state index in [2.05, 4.69) is 21.2 Å². The number of aliphatic carboxylic acids is 1. The highest BCUT2D eigenvalue weighted by molar-refractivity contribution is 9.10. The van der Waals surface area contributed by atoms with Crippen LogP contribution >= 0.6 is 27.7 Å². The third-order valence-corrected chi connectivity index (χ3v) is 4.86. The molecule has 0 aliphatic carbocycles. The molecular formula is C12H12BrNO4S. The number of carboxylic acid groups (broad SMARTS) is 1. The van der Waals surface area contributed by atoms with Crippen molar-refractivity contribution in [2.45, 2.75) is 11.4 Å². The van der Waals surface area contributed by atoms with Gasteiger partial charge in [0, 0.05) is 5.75 Å². The van der Waals surface area contributed by atoms with E-state index in [-0.39, 0.29) is 5.37 Å². The maximum atomic E-state index is 10.9. The lowest BCUT2D eigenvalue weighted by Crippen LogP contribution is -2.33. The molecule has 3 rings (SSSR count). The van der Waals surface area contributed by atoms with Gasteiger partial charge in [0.15, 0.2) is 11.5 Å². The minimum Gasteiger partial charge on any atom is -0.486 e. The molecule has 0 bridgehead atoms. The summed E-state index contributed by atoms with van der Waals surface area (Å²) in [5.74, 6) is 1.17. The molecule has 0 saturated carbocycles. The molecule has 1 aromatic carbocycles. The minimum atomic E-state index is -0.813. The summed E-state index contributed by atoms with van der Waals surface area (Å²) in [6, 6.07) is 3.36. The smallest absolute Gasteiger partial charge is 0.321 e. The first-order valence-electron chi connectivity index (χ1n) is 5.84. The molecule has 2 N–H and O–H groups in total. The lowest BCUT2D eigenvalue weighted by molar-refractivity contribution is -0.138. The molecule has 102 valence electrons. The van der Waals surface area contributed by atoms with Gasteiger partial charge in [-0.05, 0) is 33.6 Å². The van der Waals surface area contributed by atoms with Crippen LogP contribution in [-0.2, 0) is 4.79 Å². The van der Waals surface area contributed by atoms with E-state index in [1.165, 1.54) is 0 Å². The maximum absolute atomic E-state index is 10.9. The fourth-order valence-electron chi connectivity index (χ4n) is 2.09. The average Bonchev–Trinajstić information content (AvgIpc) is 2.88. The van der Waals surface area contributed by atoms with Crippen molar-refractivity contribution in [3.8, 4) is 11.5 Å². The number of halogens is 1. The van der Waals surface area contributed by atoms with Crippen molar-refractivity contribution in [3.05, 3.63) is 22.2 Å². The van der Waals surface area contributed by atoms with Crippen LogP contribution in [0.2, 0.25) is 0 Å². The lowest BCUT2D eigenvalue weighted by Gasteiger charge is -2.22. The Morgan fingerprint density at radius 1 is 1.42 bits per heavy atom. The molecule has 7 heteroatoms. The number of hydrogen-bond acceptors (Lipinski definition) is 5. The zero-order chi connectivity index (χ0) is 13.4. The topological polar surface area (TPSA) is 67.8 Å². The van der Waals surface area contributed by atoms with Crippen LogP contribution in [0.15, 0.2) is 16.6 Å². The number of thioether (sulfide) groups is 1. The number of nitrogens with one attached hydrogen (secondary N) is 1. The highest BCUT2D eigenvalue weighted by atomic mass is 79.9. The molecule has 2 heterocycles. The minimum absolute atomic E-state index is 0.0340. The van der Waals surface area contributed by atoms with Crippen LogP contribution in [-0.4, -0.2) is 36.1 Å². The molecule has 0 spiro atoms. The molecule has 19 heavy (non-hydrogen) atoms. The van der Waals surface area contributed by atoms with E-state index in [0.29, 0.717) is 30.5 Å². The van der Waals surface area contributed by atoms with E-state index < -0.39 is 12.0 Å². The molecule has 5 nitrogen and oxygen atoms in total. The van der Waals surface area contributed by atoms with E-state index in [4.69, 9.17) is 14.6 Å². The average molecular weight is 346 g/mol. The van der Waals surface area contributed by atoms with E-state index in [0.717, 1.165) is 10.0 Å². The Kier molecular flexibility index (Phi) is 3.60. The molecule has 1 aromatic rings. The number of carbonyl (C=O) groups is 1. The first kappa shape index (κ1) is 13.1. The van der Waals surface area contributed by atoms with Gasteiger partial charge in [0.2, 0.25) is 0 Å². The van der Waals surface area contributed by atoms with Gasteiger partial charge in [-0.25, -0.2) is 0 Å². The molecular weight excluding hydrogens is 334 g/mol. The summed E-state index contributed by atoms with van der Waals surface area (Å²) < 4.78 is 11.9. The predicted octanol–water partition coefficient (Wildman–Crippen LogP) is 2.01. The Morgan fingerprint density at radius 3 is 2.95 bits per heavy atom. The van der Waals surface area contributed by atoms with Crippen molar-refractivity contribution in [1.82, 2.24) is 5.32 Å². The monoisotopic (exact) mass is 345 g/mol. The molecule has 0 aromatic heterocycles. The van der Waals surface area contributed by atoms with Crippen molar-refractivity contribution in [2.75, 3.05) is 19.0 Å². The van der Waals surface area contributed by atoms with Crippen LogP contribution < -0.4 is 14.8 Å². The van der Waals surface area contributed by atoms with Gasteiger partial charge < -0.3 is 14.6 Å². The normalized spacial score (nSPS) is 25.3. The zero-order valence-corrected chi connectivity index (χ0v) is 12.3. The highest BCUT2D eigenvalue weighted by Crippen LogP contribution is 2.43. The largest absolute Gasteiger partial charge is 0.486 e. The van der Waals surface area contributed by atoms with Crippen molar-refractivity contribution in [1.29, 1.82) is 0 Å². The second-order valence-corrected chi connectivity index (χ2v) is 6.29. The maximum Gasteiger partial charge on any atom is 0.321 e. The van der Waals surface area contributed by atoms with Crippen LogP contribution in [0.3, 0.4) is 0 Å². The van der Waals surface area contributed by atoms with E-state index in [1.807, 2.05) is 12.1 Å². The standard InChI is InChI=1S/C12H12BrNO4S/c13-7-3-6(4-9-10(7)18-2-1-17-9)11-14-8(5-19-11)12(15)16/h3-4,8,11,14H,1-2,5H2,(H,15,16)/t8-,11?/m0/s1. The predicted molar refractivity (Wildman–Crippen MR) is 74.9 cm³/mol. The van der Waals surface area contributed by atoms with Crippen LogP contribution in [0.1, 0.15) is 10.9 Å². The summed E-state index contributed by atoms with van der Waals surface area (Å²) >= 11 is 5.05. The SMILES string of the molecule is O=C(O)[C@@H]1CSC(c2cc(Br)c3c(c2)OCCO3)N1. The van der Waals surface area contributed by atoms with Gasteiger partial charge in [-0.2, -0.15) is 0 Å². The fraction of sp³-hybridized carbons (Fsp3) is 0.417. The molecule has 0 radical (unpaired) electrons. The van der Waals surface area contributed by atoms with Gasteiger partial charge in [-0.1, -0.05) is 0 Å². The van der Waals surface area contributed by atoms with Gasteiger partial charge in [-0.3, -0.25) is 10.1 Å². The third-order valence-electron chi connectivity index (χ3n) is 3.00. The number of hydrogen-bond donors (Lipinski definition) is 2. The summed E-state index contributed by atoms with van der Waals surface area (Å²) in [5.41, 5.74) is 0.991. The first-order valence-corrected chi connectivity index (χ1v) is 7.69. The molecule has 1 unspecified atom stereocenters. The number of rotatable bonds is 2. The molecule has 2 aliphatic heterocycles. The summed E-state index contributed by atoms with van der Waals surface area (Å²) in [6.45, 7) is 1.08. The quantitative estimate of drug-likeness (QED) is 0.854. The molecule has 2 atom stereocenters. The number of carboxylic acids is 1. The Balaban J connectivity index is 1.86.